The van der Waals surface area contributed by atoms with E-state index >= 15 is 0 Å². The van der Waals surface area contributed by atoms with Gasteiger partial charge < -0.3 is 31.3 Å². The highest BCUT2D eigenvalue weighted by Crippen LogP contribution is 2.41. The van der Waals surface area contributed by atoms with Crippen molar-refractivity contribution in [3.63, 3.8) is 0 Å². The Hall–Kier alpha value is -5.62. The van der Waals surface area contributed by atoms with Gasteiger partial charge in [0.1, 0.15) is 11.8 Å². The summed E-state index contributed by atoms with van der Waals surface area (Å²) in [5.74, 6) is -2.87. The number of carbonyl (C=O) groups excluding carboxylic acids is 5. The molecule has 5 aromatic rings. The standard InChI is InChI=1S/C45H59N11O5S/c1-23-20-56-28(6)39-26(4)24(2)25(3)27(5)40(39)44(56)62-21-37(29(7)57)55-54-36(15-30-17-50-33-12-9-8-11-32(30)33)43(61)53-34(13-10-14-49-45(46)47)38(58)19-51-35(42(60)41(23)59)16-31-18-48-22-52-31/h8-9,11-12,17-18,22-23,34-37,50-51,54-55H,10,13-16,19-21H2,1-7H3,(H,48,52)(H,53,61)(H4,46,47,49)/t23?,34-,35-,36-,37?/m0/s1. The van der Waals surface area contributed by atoms with Crippen LogP contribution in [0.15, 0.2) is 53.0 Å². The van der Waals surface area contributed by atoms with E-state index < -0.39 is 53.3 Å². The molecule has 5 atom stereocenters. The van der Waals surface area contributed by atoms with Crippen LogP contribution in [0.2, 0.25) is 0 Å². The van der Waals surface area contributed by atoms with E-state index in [4.69, 9.17) is 11.5 Å². The van der Waals surface area contributed by atoms with Crippen molar-refractivity contribution < 1.29 is 24.0 Å². The van der Waals surface area contributed by atoms with Crippen LogP contribution >= 0.6 is 11.8 Å². The fourth-order valence-corrected chi connectivity index (χ4v) is 9.67. The van der Waals surface area contributed by atoms with Gasteiger partial charge in [-0.1, -0.05) is 25.1 Å². The van der Waals surface area contributed by atoms with Gasteiger partial charge >= 0.3 is 0 Å². The number of benzene rings is 2. The van der Waals surface area contributed by atoms with Gasteiger partial charge in [-0.2, -0.15) is 0 Å². The first-order valence-electron chi connectivity index (χ1n) is 21.0. The first-order valence-corrected chi connectivity index (χ1v) is 22.0. The third-order valence-electron chi connectivity index (χ3n) is 12.3. The van der Waals surface area contributed by atoms with Crippen molar-refractivity contribution in [3.05, 3.63) is 82.2 Å². The van der Waals surface area contributed by atoms with Crippen molar-refractivity contribution in [2.24, 2.45) is 22.4 Å². The van der Waals surface area contributed by atoms with Crippen LogP contribution < -0.4 is 33.0 Å². The van der Waals surface area contributed by atoms with Crippen molar-refractivity contribution in [2.45, 2.75) is 110 Å². The molecular weight excluding hydrogens is 807 g/mol. The number of carbonyl (C=O) groups is 5. The maximum atomic E-state index is 14.5. The molecule has 0 radical (unpaired) electrons. The Morgan fingerprint density at radius 2 is 1.63 bits per heavy atom. The number of guanidine groups is 1. The Bertz CT molecular complexity index is 2500. The van der Waals surface area contributed by atoms with Crippen LogP contribution in [0.4, 0.5) is 0 Å². The zero-order chi connectivity index (χ0) is 44.8. The second kappa shape index (κ2) is 20.0. The molecule has 0 aliphatic carbocycles. The summed E-state index contributed by atoms with van der Waals surface area (Å²) in [4.78, 5) is 85.0. The molecule has 330 valence electrons. The normalized spacial score (nSPS) is 21.3. The van der Waals surface area contributed by atoms with Crippen molar-refractivity contribution in [3.8, 4) is 0 Å². The lowest BCUT2D eigenvalue weighted by atomic mass is 9.93. The summed E-state index contributed by atoms with van der Waals surface area (Å²) in [6.07, 6.45) is 5.73. The fourth-order valence-electron chi connectivity index (χ4n) is 8.26. The van der Waals surface area contributed by atoms with Gasteiger partial charge in [-0.25, -0.2) is 15.8 Å². The lowest BCUT2D eigenvalue weighted by molar-refractivity contribution is -0.140. The highest BCUT2D eigenvalue weighted by Gasteiger charge is 2.34. The molecule has 1 aliphatic rings. The number of imidazole rings is 1. The first kappa shape index (κ1) is 45.9. The van der Waals surface area contributed by atoms with E-state index in [1.54, 1.807) is 13.1 Å². The molecule has 10 N–H and O–H groups in total. The number of amides is 1. The van der Waals surface area contributed by atoms with Gasteiger partial charge in [-0.15, -0.1) is 11.8 Å². The molecule has 0 fully saturated rings. The first-order chi connectivity index (χ1) is 29.6. The molecule has 6 rings (SSSR count). The lowest BCUT2D eigenvalue weighted by Gasteiger charge is -2.26. The predicted molar refractivity (Wildman–Crippen MR) is 243 cm³/mol. The number of para-hydroxylation sites is 1. The number of aliphatic imine (C=N–C) groups is 1. The van der Waals surface area contributed by atoms with Crippen LogP contribution in [-0.2, 0) is 43.4 Å². The zero-order valence-electron chi connectivity index (χ0n) is 36.5. The molecule has 1 aliphatic heterocycles. The number of aromatic amines is 2. The van der Waals surface area contributed by atoms with Crippen LogP contribution in [0.25, 0.3) is 21.7 Å². The third kappa shape index (κ3) is 10.2. The minimum Gasteiger partial charge on any atom is -0.370 e. The van der Waals surface area contributed by atoms with E-state index in [1.165, 1.54) is 30.6 Å². The van der Waals surface area contributed by atoms with Crippen molar-refractivity contribution in [2.75, 3.05) is 18.8 Å². The van der Waals surface area contributed by atoms with Gasteiger partial charge in [0.25, 0.3) is 0 Å². The van der Waals surface area contributed by atoms with Gasteiger partial charge in [-0.3, -0.25) is 34.3 Å². The molecule has 0 bridgehead atoms. The topological polar surface area (TPSA) is 247 Å². The smallest absolute Gasteiger partial charge is 0.239 e. The summed E-state index contributed by atoms with van der Waals surface area (Å²) in [5, 5.41) is 9.96. The fraction of sp³-hybridized carbons (Fsp3) is 0.444. The minimum atomic E-state index is -1.07. The van der Waals surface area contributed by atoms with E-state index in [0.717, 1.165) is 54.6 Å². The molecule has 4 heterocycles. The van der Waals surface area contributed by atoms with Gasteiger partial charge in [0.05, 0.1) is 36.0 Å². The Morgan fingerprint density at radius 1 is 0.903 bits per heavy atom. The number of fused-ring (bicyclic) bond motifs is 4. The van der Waals surface area contributed by atoms with E-state index in [9.17, 15) is 24.0 Å². The Morgan fingerprint density at radius 3 is 2.32 bits per heavy atom. The summed E-state index contributed by atoms with van der Waals surface area (Å²) in [5.41, 5.74) is 25.4. The van der Waals surface area contributed by atoms with Gasteiger partial charge in [0.2, 0.25) is 17.5 Å². The largest absolute Gasteiger partial charge is 0.370 e. The zero-order valence-corrected chi connectivity index (χ0v) is 37.3. The molecule has 2 unspecified atom stereocenters. The maximum absolute atomic E-state index is 14.5. The number of nitrogens with zero attached hydrogens (tertiary/aromatic N) is 3. The quantitative estimate of drug-likeness (QED) is 0.0461. The molecule has 3 aromatic heterocycles. The number of hydrazine groups is 1. The van der Waals surface area contributed by atoms with Crippen molar-refractivity contribution in [1.29, 1.82) is 0 Å². The highest BCUT2D eigenvalue weighted by molar-refractivity contribution is 7.99. The molecule has 0 saturated carbocycles. The number of aromatic nitrogens is 4. The van der Waals surface area contributed by atoms with E-state index in [0.29, 0.717) is 12.1 Å². The summed E-state index contributed by atoms with van der Waals surface area (Å²) in [6.45, 7) is 13.8. The summed E-state index contributed by atoms with van der Waals surface area (Å²) >= 11 is 1.49. The molecule has 2 aromatic carbocycles. The number of aryl methyl sites for hydroxylation is 3. The number of nitrogens with one attached hydrogen (secondary N) is 6. The number of hydrogen-bond donors (Lipinski definition) is 8. The third-order valence-corrected chi connectivity index (χ3v) is 13.5. The molecule has 1 amide bonds. The lowest BCUT2D eigenvalue weighted by Crippen LogP contribution is -2.58. The SMILES string of the molecule is CC(=O)C1CSc2c3c(C)c(C)c(C)c(C)c3c(C)n2CC(C)C(=O)C(=O)[C@H](Cc2cnc[nH]2)NCC(=O)[C@H](CCCN=C(N)N)NC(=O)[C@H](Cc2c[nH]c3ccccc23)NN1. The van der Waals surface area contributed by atoms with Crippen LogP contribution in [0, 0.1) is 40.5 Å². The predicted octanol–water partition coefficient (Wildman–Crippen LogP) is 3.24. The Labute approximate surface area is 365 Å². The van der Waals surface area contributed by atoms with Crippen molar-refractivity contribution >= 4 is 68.4 Å². The second-order valence-corrected chi connectivity index (χ2v) is 17.5. The van der Waals surface area contributed by atoms with E-state index in [1.807, 2.05) is 37.4 Å². The number of ketones is 4. The van der Waals surface area contributed by atoms with Crippen molar-refractivity contribution in [1.82, 2.24) is 41.0 Å². The summed E-state index contributed by atoms with van der Waals surface area (Å²) in [7, 11) is 0. The number of thioether (sulfide) groups is 1. The number of nitrogens with two attached hydrogens (primary N) is 2. The van der Waals surface area contributed by atoms with E-state index in [-0.39, 0.29) is 56.4 Å². The molecular formula is C45H59N11O5S. The molecule has 0 saturated heterocycles. The molecule has 0 spiro atoms. The molecule has 17 heteroatoms. The highest BCUT2D eigenvalue weighted by atomic mass is 32.2. The monoisotopic (exact) mass is 865 g/mol. The maximum Gasteiger partial charge on any atom is 0.239 e. The van der Waals surface area contributed by atoms with Gasteiger partial charge in [0.15, 0.2) is 11.7 Å². The Balaban J connectivity index is 1.43. The van der Waals surface area contributed by atoms with Crippen LogP contribution in [0.1, 0.15) is 65.9 Å². The minimum absolute atomic E-state index is 0.0747. The van der Waals surface area contributed by atoms with Gasteiger partial charge in [0, 0.05) is 83.1 Å². The van der Waals surface area contributed by atoms with Gasteiger partial charge in [-0.05, 0) is 88.3 Å². The number of hydrogen-bond acceptors (Lipinski definition) is 11. The average Bonchev–Trinajstić information content (AvgIpc) is 3.98. The van der Waals surface area contributed by atoms with Crippen LogP contribution in [-0.4, -0.2) is 97.5 Å². The second-order valence-electron chi connectivity index (χ2n) is 16.5. The average molecular weight is 866 g/mol. The number of H-pyrrole nitrogens is 2. The Kier molecular flexibility index (Phi) is 14.8. The summed E-state index contributed by atoms with van der Waals surface area (Å²) in [6, 6.07) is 3.97. The summed E-state index contributed by atoms with van der Waals surface area (Å²) < 4.78 is 2.10. The van der Waals surface area contributed by atoms with Crippen LogP contribution in [0.3, 0.4) is 0 Å². The van der Waals surface area contributed by atoms with Crippen LogP contribution in [0.5, 0.6) is 0 Å². The molecule has 62 heavy (non-hydrogen) atoms. The van der Waals surface area contributed by atoms with E-state index in [2.05, 4.69) is 73.7 Å². The number of rotatable bonds is 9. The molecule has 16 nitrogen and oxygen atoms in total. The number of Topliss-reactive ketones (excluding diaryl/α,β-unsaturated/α-hetero) is 4.